The van der Waals surface area contributed by atoms with Crippen LogP contribution >= 0.6 is 0 Å². The summed E-state index contributed by atoms with van der Waals surface area (Å²) >= 11 is 0. The maximum atomic E-state index is 12.9. The molecule has 0 spiro atoms. The van der Waals surface area contributed by atoms with Crippen LogP contribution in [0.15, 0.2) is 66.7 Å². The van der Waals surface area contributed by atoms with Gasteiger partial charge in [-0.1, -0.05) is 30.3 Å². The first-order valence-corrected chi connectivity index (χ1v) is 14.8. The summed E-state index contributed by atoms with van der Waals surface area (Å²) in [5.41, 5.74) is 6.28. The zero-order valence-corrected chi connectivity index (χ0v) is 24.2. The topological polar surface area (TPSA) is 123 Å². The van der Waals surface area contributed by atoms with Crippen molar-refractivity contribution in [3.05, 3.63) is 83.4 Å². The SMILES string of the molecule is Cc1ccc(NC(=O)C2CC2)cc1-c1ccc(C(=O)Nc2ccc(CN3CCN(C(=O)C4CNC(=O)N4)CC3)cc2)cc1. The number of benzene rings is 3. The van der Waals surface area contributed by atoms with Crippen LogP contribution in [-0.4, -0.2) is 72.3 Å². The van der Waals surface area contributed by atoms with Crippen molar-refractivity contribution >= 4 is 35.1 Å². The van der Waals surface area contributed by atoms with E-state index in [1.807, 2.05) is 78.6 Å². The van der Waals surface area contributed by atoms with Gasteiger partial charge >= 0.3 is 6.03 Å². The third-order valence-corrected chi connectivity index (χ3v) is 8.28. The molecular weight excluding hydrogens is 544 g/mol. The highest BCUT2D eigenvalue weighted by molar-refractivity contribution is 6.04. The van der Waals surface area contributed by atoms with E-state index in [-0.39, 0.29) is 29.7 Å². The Hall–Kier alpha value is -4.70. The Morgan fingerprint density at radius 2 is 1.56 bits per heavy atom. The van der Waals surface area contributed by atoms with Gasteiger partial charge in [0.05, 0.1) is 0 Å². The predicted molar refractivity (Wildman–Crippen MR) is 165 cm³/mol. The van der Waals surface area contributed by atoms with E-state index in [4.69, 9.17) is 0 Å². The van der Waals surface area contributed by atoms with Crippen LogP contribution in [0.1, 0.15) is 34.3 Å². The fourth-order valence-electron chi connectivity index (χ4n) is 5.51. The second-order valence-corrected chi connectivity index (χ2v) is 11.5. The molecule has 2 heterocycles. The van der Waals surface area contributed by atoms with Gasteiger partial charge < -0.3 is 26.2 Å². The largest absolute Gasteiger partial charge is 0.338 e. The third-order valence-electron chi connectivity index (χ3n) is 8.28. The van der Waals surface area contributed by atoms with Crippen LogP contribution in [0.3, 0.4) is 0 Å². The molecule has 0 bridgehead atoms. The normalized spacial score (nSPS) is 18.5. The minimum absolute atomic E-state index is 0.0359. The van der Waals surface area contributed by atoms with E-state index in [2.05, 4.69) is 26.2 Å². The van der Waals surface area contributed by atoms with Gasteiger partial charge in [0.1, 0.15) is 6.04 Å². The fraction of sp³-hybridized carbons (Fsp3) is 0.333. The van der Waals surface area contributed by atoms with Gasteiger partial charge in [0.25, 0.3) is 5.91 Å². The molecule has 1 atom stereocenters. The number of hydrogen-bond acceptors (Lipinski definition) is 5. The first-order valence-electron chi connectivity index (χ1n) is 14.8. The number of hydrogen-bond donors (Lipinski definition) is 4. The molecule has 10 nitrogen and oxygen atoms in total. The zero-order valence-electron chi connectivity index (χ0n) is 24.2. The Morgan fingerprint density at radius 1 is 0.860 bits per heavy atom. The van der Waals surface area contributed by atoms with Gasteiger partial charge in [-0.25, -0.2) is 4.79 Å². The van der Waals surface area contributed by atoms with Crippen LogP contribution < -0.4 is 21.3 Å². The van der Waals surface area contributed by atoms with Crippen molar-refractivity contribution in [2.24, 2.45) is 5.92 Å². The molecule has 10 heteroatoms. The lowest BCUT2D eigenvalue weighted by molar-refractivity contribution is -0.134. The Kier molecular flexibility index (Phi) is 8.11. The second-order valence-electron chi connectivity index (χ2n) is 11.5. The Labute approximate surface area is 250 Å². The van der Waals surface area contributed by atoms with Crippen LogP contribution in [0.25, 0.3) is 11.1 Å². The Balaban J connectivity index is 0.998. The van der Waals surface area contributed by atoms with E-state index in [9.17, 15) is 19.2 Å². The Bertz CT molecular complexity index is 1530. The minimum Gasteiger partial charge on any atom is -0.338 e. The molecule has 4 N–H and O–H groups in total. The van der Waals surface area contributed by atoms with E-state index >= 15 is 0 Å². The van der Waals surface area contributed by atoms with Crippen LogP contribution in [0.4, 0.5) is 16.2 Å². The maximum Gasteiger partial charge on any atom is 0.315 e. The van der Waals surface area contributed by atoms with Crippen molar-refractivity contribution in [3.63, 3.8) is 0 Å². The molecule has 3 aliphatic rings. The van der Waals surface area contributed by atoms with Gasteiger partial charge in [0.2, 0.25) is 11.8 Å². The molecule has 2 saturated heterocycles. The second kappa shape index (κ2) is 12.3. The number of amides is 5. The zero-order chi connectivity index (χ0) is 29.9. The molecule has 3 aromatic carbocycles. The lowest BCUT2D eigenvalue weighted by Crippen LogP contribution is -2.53. The molecule has 1 saturated carbocycles. The lowest BCUT2D eigenvalue weighted by atomic mass is 9.98. The number of carbonyl (C=O) groups is 4. The van der Waals surface area contributed by atoms with Crippen molar-refractivity contribution in [3.8, 4) is 11.1 Å². The van der Waals surface area contributed by atoms with Gasteiger partial charge in [-0.15, -0.1) is 0 Å². The van der Waals surface area contributed by atoms with E-state index in [1.165, 1.54) is 0 Å². The summed E-state index contributed by atoms with van der Waals surface area (Å²) in [6, 6.07) is 20.5. The van der Waals surface area contributed by atoms with E-state index in [1.54, 1.807) is 0 Å². The van der Waals surface area contributed by atoms with E-state index in [0.717, 1.165) is 66.1 Å². The molecule has 1 aliphatic carbocycles. The predicted octanol–water partition coefficient (Wildman–Crippen LogP) is 3.59. The summed E-state index contributed by atoms with van der Waals surface area (Å²) in [5.74, 6) is 0.00420. The number of carbonyl (C=O) groups excluding carboxylic acids is 4. The summed E-state index contributed by atoms with van der Waals surface area (Å²) in [7, 11) is 0. The first-order chi connectivity index (χ1) is 20.8. The molecule has 43 heavy (non-hydrogen) atoms. The maximum absolute atomic E-state index is 12.9. The monoisotopic (exact) mass is 580 g/mol. The van der Waals surface area contributed by atoms with Crippen LogP contribution in [0.2, 0.25) is 0 Å². The summed E-state index contributed by atoms with van der Waals surface area (Å²) in [4.78, 5) is 53.2. The van der Waals surface area contributed by atoms with Gasteiger partial charge in [-0.3, -0.25) is 19.3 Å². The van der Waals surface area contributed by atoms with Crippen molar-refractivity contribution in [2.45, 2.75) is 32.4 Å². The average Bonchev–Trinajstić information content (AvgIpc) is 3.79. The standard InChI is InChI=1S/C33H36N6O4/c1-21-2-11-27(36-31(41)25-9-10-25)18-28(21)23-5-7-24(8-6-23)30(40)35-26-12-3-22(4-13-26)20-38-14-16-39(17-15-38)32(42)29-19-34-33(43)37-29/h2-8,11-13,18,25,29H,9-10,14-17,19-20H2,1H3,(H,35,40)(H,36,41)(H2,34,37,43). The molecule has 0 aromatic heterocycles. The highest BCUT2D eigenvalue weighted by Gasteiger charge is 2.32. The van der Waals surface area contributed by atoms with Crippen molar-refractivity contribution in [2.75, 3.05) is 43.4 Å². The van der Waals surface area contributed by atoms with E-state index < -0.39 is 6.04 Å². The molecular formula is C33H36N6O4. The summed E-state index contributed by atoms with van der Waals surface area (Å²) < 4.78 is 0. The quantitative estimate of drug-likeness (QED) is 0.324. The van der Waals surface area contributed by atoms with Crippen LogP contribution in [0.5, 0.6) is 0 Å². The number of aryl methyl sites for hydroxylation is 1. The number of urea groups is 1. The summed E-state index contributed by atoms with van der Waals surface area (Å²) in [5, 5.41) is 11.3. The molecule has 222 valence electrons. The number of nitrogens with one attached hydrogen (secondary N) is 4. The minimum atomic E-state index is -0.479. The summed E-state index contributed by atoms with van der Waals surface area (Å²) in [6.07, 6.45) is 1.92. The molecule has 1 unspecified atom stereocenters. The molecule has 5 amide bonds. The molecule has 6 rings (SSSR count). The molecule has 3 aromatic rings. The first kappa shape index (κ1) is 28.4. The van der Waals surface area contributed by atoms with Gasteiger partial charge in [0, 0.05) is 62.1 Å². The highest BCUT2D eigenvalue weighted by atomic mass is 16.2. The van der Waals surface area contributed by atoms with Gasteiger partial charge in [-0.2, -0.15) is 0 Å². The molecule has 0 radical (unpaired) electrons. The van der Waals surface area contributed by atoms with Crippen LogP contribution in [0, 0.1) is 12.8 Å². The number of piperazine rings is 1. The lowest BCUT2D eigenvalue weighted by Gasteiger charge is -2.35. The summed E-state index contributed by atoms with van der Waals surface area (Å²) in [6.45, 7) is 5.89. The number of nitrogens with zero attached hydrogens (tertiary/aromatic N) is 2. The molecule has 2 aliphatic heterocycles. The van der Waals surface area contributed by atoms with E-state index in [0.29, 0.717) is 25.2 Å². The highest BCUT2D eigenvalue weighted by Crippen LogP contribution is 2.32. The van der Waals surface area contributed by atoms with Crippen molar-refractivity contribution in [1.29, 1.82) is 0 Å². The third kappa shape index (κ3) is 6.86. The van der Waals surface area contributed by atoms with Gasteiger partial charge in [0.15, 0.2) is 0 Å². The number of anilines is 2. The van der Waals surface area contributed by atoms with Crippen molar-refractivity contribution in [1.82, 2.24) is 20.4 Å². The van der Waals surface area contributed by atoms with Crippen molar-refractivity contribution < 1.29 is 19.2 Å². The average molecular weight is 581 g/mol. The number of rotatable bonds is 8. The van der Waals surface area contributed by atoms with Crippen LogP contribution in [-0.2, 0) is 16.1 Å². The Morgan fingerprint density at radius 3 is 2.21 bits per heavy atom. The fourth-order valence-corrected chi connectivity index (χ4v) is 5.51. The smallest absolute Gasteiger partial charge is 0.315 e. The van der Waals surface area contributed by atoms with Gasteiger partial charge in [-0.05, 0) is 78.4 Å². The molecule has 3 fully saturated rings.